The van der Waals surface area contributed by atoms with Gasteiger partial charge in [-0.25, -0.2) is 22.6 Å². The van der Waals surface area contributed by atoms with E-state index in [1.54, 1.807) is 11.7 Å². The number of hydrogen-bond acceptors (Lipinski definition) is 5. The predicted molar refractivity (Wildman–Crippen MR) is 119 cm³/mol. The third kappa shape index (κ3) is 5.12. The molecule has 31 heavy (non-hydrogen) atoms. The van der Waals surface area contributed by atoms with Gasteiger partial charge in [-0.3, -0.25) is 4.57 Å². The average Bonchev–Trinajstić information content (AvgIpc) is 3.57. The molecule has 1 heterocycles. The van der Waals surface area contributed by atoms with Crippen molar-refractivity contribution < 1.29 is 13.2 Å². The summed E-state index contributed by atoms with van der Waals surface area (Å²) < 4.78 is 35.2. The molecule has 1 saturated carbocycles. The number of benzene rings is 2. The topological polar surface area (TPSA) is 95.2 Å². The van der Waals surface area contributed by atoms with Crippen LogP contribution in [0.3, 0.4) is 0 Å². The van der Waals surface area contributed by atoms with Crippen molar-refractivity contribution in [2.75, 3.05) is 13.7 Å². The zero-order chi connectivity index (χ0) is 21.8. The van der Waals surface area contributed by atoms with E-state index < -0.39 is 10.0 Å². The molecule has 1 aliphatic carbocycles. The number of nitrogens with zero attached hydrogens (tertiary/aromatic N) is 3. The molecular formula is C22H24N4O4S. The first-order chi connectivity index (χ1) is 15.0. The molecule has 2 aromatic carbocycles. The molecule has 1 N–H and O–H groups in total. The van der Waals surface area contributed by atoms with E-state index in [9.17, 15) is 13.2 Å². The van der Waals surface area contributed by atoms with Gasteiger partial charge in [0.25, 0.3) is 0 Å². The molecule has 1 fully saturated rings. The highest BCUT2D eigenvalue weighted by molar-refractivity contribution is 7.92. The Morgan fingerprint density at radius 3 is 2.48 bits per heavy atom. The molecule has 0 spiro atoms. The largest absolute Gasteiger partial charge is 0.497 e. The van der Waals surface area contributed by atoms with Crippen molar-refractivity contribution in [3.05, 3.63) is 76.1 Å². The standard InChI is InChI=1S/C22H24N4O4S/c1-30-20-11-7-18(8-12-20)21-24-25(22(27)26(21)19-9-10-19)15-14-23-31(28,29)16-13-17-5-3-2-4-6-17/h2-8,11-13,16,19,23H,9-10,14-15H2,1H3/b16-13+. The van der Waals surface area contributed by atoms with Gasteiger partial charge >= 0.3 is 5.69 Å². The summed E-state index contributed by atoms with van der Waals surface area (Å²) in [6, 6.07) is 16.7. The fourth-order valence-corrected chi connectivity index (χ4v) is 4.05. The van der Waals surface area contributed by atoms with Crippen LogP contribution in [0.4, 0.5) is 0 Å². The molecule has 1 aromatic heterocycles. The molecule has 3 aromatic rings. The number of sulfonamides is 1. The summed E-state index contributed by atoms with van der Waals surface area (Å²) in [7, 11) is -2.03. The number of rotatable bonds is 9. The molecule has 0 unspecified atom stereocenters. The second-order valence-electron chi connectivity index (χ2n) is 7.31. The Hall–Kier alpha value is -3.17. The second-order valence-corrected chi connectivity index (χ2v) is 8.96. The highest BCUT2D eigenvalue weighted by Gasteiger charge is 2.30. The molecule has 0 atom stereocenters. The lowest BCUT2D eigenvalue weighted by Crippen LogP contribution is -2.31. The van der Waals surface area contributed by atoms with Gasteiger partial charge in [0.15, 0.2) is 5.82 Å². The van der Waals surface area contributed by atoms with Crippen LogP contribution in [0.2, 0.25) is 0 Å². The van der Waals surface area contributed by atoms with E-state index in [-0.39, 0.29) is 24.8 Å². The van der Waals surface area contributed by atoms with Gasteiger partial charge in [0.1, 0.15) is 5.75 Å². The highest BCUT2D eigenvalue weighted by atomic mass is 32.2. The van der Waals surface area contributed by atoms with Gasteiger partial charge in [0.2, 0.25) is 10.0 Å². The van der Waals surface area contributed by atoms with Crippen LogP contribution in [0.5, 0.6) is 5.75 Å². The fraction of sp³-hybridized carbons (Fsp3) is 0.273. The third-order valence-corrected chi connectivity index (χ3v) is 6.10. The quantitative estimate of drug-likeness (QED) is 0.552. The smallest absolute Gasteiger partial charge is 0.346 e. The minimum atomic E-state index is -3.62. The zero-order valence-corrected chi connectivity index (χ0v) is 18.0. The van der Waals surface area contributed by atoms with Crippen LogP contribution in [-0.4, -0.2) is 36.4 Å². The molecule has 1 aliphatic rings. The fourth-order valence-electron chi connectivity index (χ4n) is 3.24. The lowest BCUT2D eigenvalue weighted by atomic mass is 10.2. The molecule has 4 rings (SSSR count). The van der Waals surface area contributed by atoms with Crippen molar-refractivity contribution in [2.24, 2.45) is 0 Å². The number of nitrogens with one attached hydrogen (secondary N) is 1. The average molecular weight is 441 g/mol. The Kier molecular flexibility index (Phi) is 6.06. The van der Waals surface area contributed by atoms with Crippen molar-refractivity contribution >= 4 is 16.1 Å². The molecule has 9 heteroatoms. The van der Waals surface area contributed by atoms with Crippen molar-refractivity contribution in [1.82, 2.24) is 19.1 Å². The van der Waals surface area contributed by atoms with Crippen LogP contribution in [0.1, 0.15) is 24.4 Å². The van der Waals surface area contributed by atoms with Crippen LogP contribution in [-0.2, 0) is 16.6 Å². The Bertz CT molecular complexity index is 1220. The maximum Gasteiger partial charge on any atom is 0.346 e. The van der Waals surface area contributed by atoms with Crippen molar-refractivity contribution in [3.8, 4) is 17.1 Å². The minimum Gasteiger partial charge on any atom is -0.497 e. The predicted octanol–water partition coefficient (Wildman–Crippen LogP) is 2.65. The van der Waals surface area contributed by atoms with Crippen molar-refractivity contribution in [1.29, 1.82) is 0 Å². The second kappa shape index (κ2) is 8.91. The van der Waals surface area contributed by atoms with E-state index >= 15 is 0 Å². The number of hydrogen-bond donors (Lipinski definition) is 1. The SMILES string of the molecule is COc1ccc(-c2nn(CCNS(=O)(=O)/C=C/c3ccccc3)c(=O)n2C2CC2)cc1. The molecule has 0 amide bonds. The summed E-state index contributed by atoms with van der Waals surface area (Å²) >= 11 is 0. The van der Waals surface area contributed by atoms with Gasteiger partial charge in [-0.05, 0) is 48.7 Å². The summed E-state index contributed by atoms with van der Waals surface area (Å²) in [6.45, 7) is 0.200. The van der Waals surface area contributed by atoms with Gasteiger partial charge in [-0.15, -0.1) is 5.10 Å². The van der Waals surface area contributed by atoms with Crippen molar-refractivity contribution in [2.45, 2.75) is 25.4 Å². The molecule has 162 valence electrons. The number of ether oxygens (including phenoxy) is 1. The first-order valence-corrected chi connectivity index (χ1v) is 11.6. The van der Waals surface area contributed by atoms with Crippen molar-refractivity contribution in [3.63, 3.8) is 0 Å². The van der Waals surface area contributed by atoms with Crippen LogP contribution in [0, 0.1) is 0 Å². The lowest BCUT2D eigenvalue weighted by Gasteiger charge is -2.04. The highest BCUT2D eigenvalue weighted by Crippen LogP contribution is 2.36. The van der Waals surface area contributed by atoms with Gasteiger partial charge in [-0.2, -0.15) is 0 Å². The Labute approximate surface area is 180 Å². The van der Waals surface area contributed by atoms with Crippen LogP contribution in [0.15, 0.2) is 64.8 Å². The zero-order valence-electron chi connectivity index (χ0n) is 17.1. The Morgan fingerprint density at radius 2 is 1.84 bits per heavy atom. The van der Waals surface area contributed by atoms with E-state index in [1.165, 1.54) is 10.8 Å². The summed E-state index contributed by atoms with van der Waals surface area (Å²) in [5.41, 5.74) is 1.37. The van der Waals surface area contributed by atoms with E-state index in [1.807, 2.05) is 54.6 Å². The summed E-state index contributed by atoms with van der Waals surface area (Å²) in [5, 5.41) is 5.61. The Balaban J connectivity index is 1.47. The van der Waals surface area contributed by atoms with E-state index in [0.717, 1.165) is 35.1 Å². The molecule has 8 nitrogen and oxygen atoms in total. The molecule has 0 saturated heterocycles. The third-order valence-electron chi connectivity index (χ3n) is 5.00. The van der Waals surface area contributed by atoms with E-state index in [0.29, 0.717) is 5.82 Å². The van der Waals surface area contributed by atoms with E-state index in [2.05, 4.69) is 9.82 Å². The molecule has 0 aliphatic heterocycles. The lowest BCUT2D eigenvalue weighted by molar-refractivity contribution is 0.415. The minimum absolute atomic E-state index is 0.0606. The van der Waals surface area contributed by atoms with Gasteiger partial charge < -0.3 is 4.74 Å². The van der Waals surface area contributed by atoms with Gasteiger partial charge in [-0.1, -0.05) is 30.3 Å². The summed E-state index contributed by atoms with van der Waals surface area (Å²) in [4.78, 5) is 12.9. The first kappa shape index (κ1) is 21.1. The molecule has 0 bridgehead atoms. The van der Waals surface area contributed by atoms with Crippen LogP contribution in [0.25, 0.3) is 17.5 Å². The maximum absolute atomic E-state index is 12.9. The maximum atomic E-state index is 12.9. The van der Waals surface area contributed by atoms with Crippen LogP contribution < -0.4 is 15.1 Å². The Morgan fingerprint density at radius 1 is 1.13 bits per heavy atom. The summed E-state index contributed by atoms with van der Waals surface area (Å²) in [5.74, 6) is 1.31. The number of methoxy groups -OCH3 is 1. The monoisotopic (exact) mass is 440 g/mol. The first-order valence-electron chi connectivity index (χ1n) is 10.0. The molecular weight excluding hydrogens is 416 g/mol. The number of aromatic nitrogens is 3. The molecule has 0 radical (unpaired) electrons. The summed E-state index contributed by atoms with van der Waals surface area (Å²) in [6.07, 6.45) is 3.40. The van der Waals surface area contributed by atoms with E-state index in [4.69, 9.17) is 4.74 Å². The normalized spacial score (nSPS) is 14.2. The van der Waals surface area contributed by atoms with Gasteiger partial charge in [0.05, 0.1) is 13.7 Å². The van der Waals surface area contributed by atoms with Crippen LogP contribution >= 0.6 is 0 Å². The van der Waals surface area contributed by atoms with Gasteiger partial charge in [0, 0.05) is 23.6 Å².